The Morgan fingerprint density at radius 2 is 0.727 bits per heavy atom. The van der Waals surface area contributed by atoms with E-state index in [1.807, 2.05) is 0 Å². The summed E-state index contributed by atoms with van der Waals surface area (Å²) in [6, 6.07) is 0. The molecule has 1 atom stereocenters. The van der Waals surface area contributed by atoms with E-state index in [9.17, 15) is 9.59 Å². The fourth-order valence-corrected chi connectivity index (χ4v) is 7.32. The van der Waals surface area contributed by atoms with Crippen molar-refractivity contribution in [2.45, 2.75) is 277 Å². The minimum Gasteiger partial charge on any atom is -0.462 e. The average Bonchev–Trinajstić information content (AvgIpc) is 3.18. The highest BCUT2D eigenvalue weighted by Crippen LogP contribution is 2.16. The first-order chi connectivity index (χ1) is 27.1. The summed E-state index contributed by atoms with van der Waals surface area (Å²) in [6.07, 6.45) is 52.1. The van der Waals surface area contributed by atoms with Crippen LogP contribution in [0.15, 0.2) is 12.2 Å². The zero-order valence-corrected chi connectivity index (χ0v) is 37.5. The fourth-order valence-electron chi connectivity index (χ4n) is 7.32. The lowest BCUT2D eigenvalue weighted by Gasteiger charge is -2.18. The molecule has 0 amide bonds. The zero-order chi connectivity index (χ0) is 40.0. The van der Waals surface area contributed by atoms with Crippen LogP contribution in [-0.2, 0) is 23.8 Å². The van der Waals surface area contributed by atoms with E-state index in [0.29, 0.717) is 26.1 Å². The second kappa shape index (κ2) is 47.0. The van der Waals surface area contributed by atoms with Crippen LogP contribution < -0.4 is 0 Å². The van der Waals surface area contributed by atoms with Crippen molar-refractivity contribution in [3.8, 4) is 0 Å². The summed E-state index contributed by atoms with van der Waals surface area (Å²) in [6.45, 7) is 7.83. The van der Waals surface area contributed by atoms with Crippen LogP contribution in [0.2, 0.25) is 0 Å². The van der Waals surface area contributed by atoms with E-state index in [-0.39, 0.29) is 18.5 Å². The van der Waals surface area contributed by atoms with Crippen LogP contribution in [0.25, 0.3) is 0 Å². The second-order valence-corrected chi connectivity index (χ2v) is 16.7. The van der Waals surface area contributed by atoms with Crippen molar-refractivity contribution in [1.82, 2.24) is 0 Å². The molecule has 5 nitrogen and oxygen atoms in total. The van der Waals surface area contributed by atoms with Gasteiger partial charge in [-0.2, -0.15) is 0 Å². The Balaban J connectivity index is 4.19. The molecule has 55 heavy (non-hydrogen) atoms. The Kier molecular flexibility index (Phi) is 45.9. The Bertz CT molecular complexity index is 795. The molecule has 0 rings (SSSR count). The smallest absolute Gasteiger partial charge is 0.306 e. The largest absolute Gasteiger partial charge is 0.462 e. The molecular formula is C50H96O5. The van der Waals surface area contributed by atoms with E-state index < -0.39 is 6.10 Å². The highest BCUT2D eigenvalue weighted by molar-refractivity contribution is 5.70. The summed E-state index contributed by atoms with van der Waals surface area (Å²) in [4.78, 5) is 25.3. The lowest BCUT2D eigenvalue weighted by Crippen LogP contribution is -2.30. The van der Waals surface area contributed by atoms with E-state index in [4.69, 9.17) is 14.2 Å². The van der Waals surface area contributed by atoms with E-state index in [1.165, 1.54) is 193 Å². The summed E-state index contributed by atoms with van der Waals surface area (Å²) in [5.41, 5.74) is 0. The van der Waals surface area contributed by atoms with Gasteiger partial charge in [-0.3, -0.25) is 9.59 Å². The molecule has 0 aromatic rings. The van der Waals surface area contributed by atoms with Crippen LogP contribution in [0, 0.1) is 0 Å². The number of unbranched alkanes of at least 4 members (excludes halogenated alkanes) is 33. The maximum atomic E-state index is 12.7. The molecule has 0 heterocycles. The second-order valence-electron chi connectivity index (χ2n) is 16.7. The van der Waals surface area contributed by atoms with E-state index in [1.54, 1.807) is 0 Å². The van der Waals surface area contributed by atoms with Gasteiger partial charge in [-0.1, -0.05) is 232 Å². The standard InChI is InChI=1S/C50H96O5/c1-4-7-10-13-16-19-22-24-25-26-27-30-33-36-39-42-45-53-46-48(47-54-49(51)43-40-37-34-31-28-21-18-15-12-9-6-3)55-50(52)44-41-38-35-32-29-23-20-17-14-11-8-5-2/h15,18,48H,4-14,16-17,19-47H2,1-3H3/b18-15-/t48-/m1/s1. The number of allylic oxidation sites excluding steroid dienone is 2. The number of hydrogen-bond donors (Lipinski definition) is 0. The first-order valence-electron chi connectivity index (χ1n) is 24.7. The SMILES string of the molecule is CCCC/C=C\CCCCCCCC(=O)OC[C@@H](COCCCCCCCCCCCCCCCCCC)OC(=O)CCCCCCCCCCCCCC. The minimum absolute atomic E-state index is 0.0896. The molecule has 0 aliphatic carbocycles. The predicted molar refractivity (Wildman–Crippen MR) is 238 cm³/mol. The maximum absolute atomic E-state index is 12.7. The quantitative estimate of drug-likeness (QED) is 0.0350. The van der Waals surface area contributed by atoms with Gasteiger partial charge in [0.15, 0.2) is 6.10 Å². The predicted octanol–water partition coefficient (Wildman–Crippen LogP) is 16.3. The Morgan fingerprint density at radius 1 is 0.382 bits per heavy atom. The monoisotopic (exact) mass is 777 g/mol. The van der Waals surface area contributed by atoms with Gasteiger partial charge in [-0.15, -0.1) is 0 Å². The Labute approximate surface area is 344 Å². The third-order valence-corrected chi connectivity index (χ3v) is 11.1. The molecule has 0 N–H and O–H groups in total. The van der Waals surface area contributed by atoms with E-state index >= 15 is 0 Å². The molecule has 0 spiro atoms. The van der Waals surface area contributed by atoms with Gasteiger partial charge in [0.25, 0.3) is 0 Å². The zero-order valence-electron chi connectivity index (χ0n) is 37.5. The van der Waals surface area contributed by atoms with Crippen molar-refractivity contribution in [3.05, 3.63) is 12.2 Å². The normalized spacial score (nSPS) is 12.1. The van der Waals surface area contributed by atoms with Crippen molar-refractivity contribution >= 4 is 11.9 Å². The fraction of sp³-hybridized carbons (Fsp3) is 0.920. The molecule has 326 valence electrons. The lowest BCUT2D eigenvalue weighted by molar-refractivity contribution is -0.163. The van der Waals surface area contributed by atoms with Crippen LogP contribution in [-0.4, -0.2) is 37.9 Å². The minimum atomic E-state index is -0.528. The van der Waals surface area contributed by atoms with E-state index in [2.05, 4.69) is 32.9 Å². The summed E-state index contributed by atoms with van der Waals surface area (Å²) in [5.74, 6) is -0.391. The number of rotatable bonds is 46. The molecule has 5 heteroatoms. The average molecular weight is 777 g/mol. The summed E-state index contributed by atoms with van der Waals surface area (Å²) >= 11 is 0. The van der Waals surface area contributed by atoms with Crippen molar-refractivity contribution in [2.24, 2.45) is 0 Å². The highest BCUT2D eigenvalue weighted by Gasteiger charge is 2.17. The molecule has 0 unspecified atom stereocenters. The number of ether oxygens (including phenoxy) is 3. The van der Waals surface area contributed by atoms with Gasteiger partial charge in [0.05, 0.1) is 6.61 Å². The Morgan fingerprint density at radius 3 is 1.16 bits per heavy atom. The molecular weight excluding hydrogens is 681 g/mol. The van der Waals surface area contributed by atoms with Crippen molar-refractivity contribution in [2.75, 3.05) is 19.8 Å². The van der Waals surface area contributed by atoms with Gasteiger partial charge in [-0.25, -0.2) is 0 Å². The van der Waals surface area contributed by atoms with Crippen molar-refractivity contribution in [1.29, 1.82) is 0 Å². The highest BCUT2D eigenvalue weighted by atomic mass is 16.6. The number of carbonyl (C=O) groups is 2. The molecule has 0 aliphatic heterocycles. The molecule has 0 bridgehead atoms. The number of hydrogen-bond acceptors (Lipinski definition) is 5. The van der Waals surface area contributed by atoms with Gasteiger partial charge >= 0.3 is 11.9 Å². The molecule has 0 aromatic heterocycles. The van der Waals surface area contributed by atoms with Crippen LogP contribution in [0.1, 0.15) is 271 Å². The molecule has 0 aromatic carbocycles. The van der Waals surface area contributed by atoms with Crippen LogP contribution in [0.4, 0.5) is 0 Å². The summed E-state index contributed by atoms with van der Waals surface area (Å²) in [5, 5.41) is 0. The topological polar surface area (TPSA) is 61.8 Å². The van der Waals surface area contributed by atoms with Gasteiger partial charge < -0.3 is 14.2 Å². The first-order valence-corrected chi connectivity index (χ1v) is 24.7. The third-order valence-electron chi connectivity index (χ3n) is 11.1. The molecule has 0 radical (unpaired) electrons. The van der Waals surface area contributed by atoms with Crippen molar-refractivity contribution in [3.63, 3.8) is 0 Å². The Hall–Kier alpha value is -1.36. The van der Waals surface area contributed by atoms with Gasteiger partial charge in [0, 0.05) is 19.4 Å². The molecule has 0 aliphatic rings. The van der Waals surface area contributed by atoms with Crippen LogP contribution >= 0.6 is 0 Å². The maximum Gasteiger partial charge on any atom is 0.306 e. The molecule has 0 fully saturated rings. The first kappa shape index (κ1) is 53.6. The molecule has 0 saturated heterocycles. The van der Waals surface area contributed by atoms with Gasteiger partial charge in [-0.05, 0) is 38.5 Å². The number of carbonyl (C=O) groups excluding carboxylic acids is 2. The van der Waals surface area contributed by atoms with Crippen molar-refractivity contribution < 1.29 is 23.8 Å². The summed E-state index contributed by atoms with van der Waals surface area (Å²) < 4.78 is 17.4. The van der Waals surface area contributed by atoms with Crippen LogP contribution in [0.5, 0.6) is 0 Å². The number of esters is 2. The van der Waals surface area contributed by atoms with E-state index in [0.717, 1.165) is 44.9 Å². The lowest BCUT2D eigenvalue weighted by atomic mass is 10.0. The molecule has 0 saturated carbocycles. The van der Waals surface area contributed by atoms with Gasteiger partial charge in [0.1, 0.15) is 6.61 Å². The van der Waals surface area contributed by atoms with Gasteiger partial charge in [0.2, 0.25) is 0 Å². The summed E-state index contributed by atoms with van der Waals surface area (Å²) in [7, 11) is 0. The van der Waals surface area contributed by atoms with Crippen LogP contribution in [0.3, 0.4) is 0 Å². The third kappa shape index (κ3) is 45.2.